The Labute approximate surface area is 81.2 Å². The van der Waals surface area contributed by atoms with Gasteiger partial charge in [0.25, 0.3) is 0 Å². The van der Waals surface area contributed by atoms with Crippen LogP contribution in [0.3, 0.4) is 0 Å². The molecular weight excluding hydrogens is 172 g/mol. The number of nitrogens with zero attached hydrogens (tertiary/aromatic N) is 2. The quantitative estimate of drug-likeness (QED) is 0.496. The van der Waals surface area contributed by atoms with Gasteiger partial charge in [-0.25, -0.2) is 0 Å². The summed E-state index contributed by atoms with van der Waals surface area (Å²) < 4.78 is 0. The number of hydrogen-bond donors (Lipinski definition) is 0. The smallest absolute Gasteiger partial charge is 0.0709 e. The summed E-state index contributed by atoms with van der Waals surface area (Å²) in [5.41, 5.74) is 0.990. The van der Waals surface area contributed by atoms with E-state index in [1.165, 1.54) is 5.39 Å². The molecule has 3 rings (SSSR count). The van der Waals surface area contributed by atoms with Crippen LogP contribution in [0.15, 0.2) is 42.9 Å². The summed E-state index contributed by atoms with van der Waals surface area (Å²) >= 11 is 0. The lowest BCUT2D eigenvalue weighted by molar-refractivity contribution is 1.36. The van der Waals surface area contributed by atoms with Crippen LogP contribution in [0.25, 0.3) is 21.7 Å². The van der Waals surface area contributed by atoms with Crippen molar-refractivity contribution in [1.82, 2.24) is 9.97 Å². The van der Waals surface area contributed by atoms with Gasteiger partial charge in [0.2, 0.25) is 0 Å². The fourth-order valence-electron chi connectivity index (χ4n) is 1.66. The van der Waals surface area contributed by atoms with Crippen LogP contribution in [0.5, 0.6) is 0 Å². The van der Waals surface area contributed by atoms with Crippen molar-refractivity contribution in [3.05, 3.63) is 48.9 Å². The van der Waals surface area contributed by atoms with Gasteiger partial charge in [0.05, 0.1) is 5.52 Å². The Morgan fingerprint density at radius 2 is 2.07 bits per heavy atom. The molecule has 0 N–H and O–H groups in total. The molecule has 3 aromatic rings. The number of fused-ring (bicyclic) bond motifs is 3. The summed E-state index contributed by atoms with van der Waals surface area (Å²) in [7, 11) is 0. The highest BCUT2D eigenvalue weighted by atomic mass is 14.6. The van der Waals surface area contributed by atoms with Crippen LogP contribution in [0, 0.1) is 6.07 Å². The number of aromatic nitrogens is 2. The van der Waals surface area contributed by atoms with E-state index in [9.17, 15) is 0 Å². The summed E-state index contributed by atoms with van der Waals surface area (Å²) in [5, 5.41) is 3.43. The predicted octanol–water partition coefficient (Wildman–Crippen LogP) is 2.58. The summed E-state index contributed by atoms with van der Waals surface area (Å²) in [4.78, 5) is 8.37. The van der Waals surface area contributed by atoms with E-state index in [0.717, 1.165) is 16.3 Å². The minimum Gasteiger partial charge on any atom is -0.264 e. The van der Waals surface area contributed by atoms with Gasteiger partial charge in [0.15, 0.2) is 0 Å². The van der Waals surface area contributed by atoms with Crippen LogP contribution < -0.4 is 0 Å². The molecule has 0 saturated carbocycles. The molecule has 1 radical (unpaired) electrons. The molecule has 2 heterocycles. The fourth-order valence-corrected chi connectivity index (χ4v) is 1.66. The van der Waals surface area contributed by atoms with Crippen molar-refractivity contribution in [3.8, 4) is 0 Å². The lowest BCUT2D eigenvalue weighted by atomic mass is 10.1. The topological polar surface area (TPSA) is 25.8 Å². The highest BCUT2D eigenvalue weighted by Crippen LogP contribution is 2.22. The van der Waals surface area contributed by atoms with Crippen molar-refractivity contribution in [3.63, 3.8) is 0 Å². The minimum absolute atomic E-state index is 0.990. The van der Waals surface area contributed by atoms with Gasteiger partial charge < -0.3 is 0 Å². The summed E-state index contributed by atoms with van der Waals surface area (Å²) in [5.74, 6) is 0. The first-order chi connectivity index (χ1) is 6.95. The Bertz CT molecular complexity index is 547. The Balaban J connectivity index is 2.61. The van der Waals surface area contributed by atoms with Gasteiger partial charge in [-0.2, -0.15) is 0 Å². The van der Waals surface area contributed by atoms with Crippen molar-refractivity contribution < 1.29 is 0 Å². The van der Waals surface area contributed by atoms with Gasteiger partial charge in [-0.05, 0) is 23.6 Å². The minimum atomic E-state index is 0.990. The van der Waals surface area contributed by atoms with Crippen LogP contribution in [-0.2, 0) is 0 Å². The van der Waals surface area contributed by atoms with E-state index in [0.29, 0.717) is 0 Å². The molecule has 0 aliphatic rings. The van der Waals surface area contributed by atoms with Gasteiger partial charge in [0.1, 0.15) is 0 Å². The number of hydrogen-bond acceptors (Lipinski definition) is 2. The zero-order chi connectivity index (χ0) is 9.38. The first-order valence-electron chi connectivity index (χ1n) is 4.44. The van der Waals surface area contributed by atoms with Gasteiger partial charge in [-0.3, -0.25) is 9.97 Å². The highest BCUT2D eigenvalue weighted by Gasteiger charge is 1.99. The summed E-state index contributed by atoms with van der Waals surface area (Å²) in [6.45, 7) is 0. The Kier molecular flexibility index (Phi) is 1.47. The second-order valence-corrected chi connectivity index (χ2v) is 3.16. The van der Waals surface area contributed by atoms with Gasteiger partial charge in [-0.1, -0.05) is 6.07 Å². The van der Waals surface area contributed by atoms with Gasteiger partial charge in [0, 0.05) is 35.4 Å². The molecule has 1 aromatic carbocycles. The summed E-state index contributed by atoms with van der Waals surface area (Å²) in [6.07, 6.45) is 5.35. The van der Waals surface area contributed by atoms with E-state index in [1.807, 2.05) is 24.4 Å². The molecule has 0 spiro atoms. The maximum Gasteiger partial charge on any atom is 0.0709 e. The second kappa shape index (κ2) is 2.77. The van der Waals surface area contributed by atoms with Crippen molar-refractivity contribution in [1.29, 1.82) is 0 Å². The predicted molar refractivity (Wildman–Crippen MR) is 55.9 cm³/mol. The van der Waals surface area contributed by atoms with E-state index >= 15 is 0 Å². The molecule has 14 heavy (non-hydrogen) atoms. The third kappa shape index (κ3) is 0.973. The zero-order valence-electron chi connectivity index (χ0n) is 7.44. The third-order valence-electron chi connectivity index (χ3n) is 2.35. The van der Waals surface area contributed by atoms with Crippen LogP contribution >= 0.6 is 0 Å². The summed E-state index contributed by atoms with van der Waals surface area (Å²) in [6, 6.07) is 11.0. The molecule has 0 saturated heterocycles. The standard InChI is InChI=1S/C12H7N2/c1-2-10-11-8-13-7-5-9(11)3-4-12(10)14-6-1/h2-8H. The fraction of sp³-hybridized carbons (Fsp3) is 0. The molecule has 0 aliphatic heterocycles. The Hall–Kier alpha value is -1.96. The lowest BCUT2D eigenvalue weighted by Gasteiger charge is -2.00. The first kappa shape index (κ1) is 7.44. The van der Waals surface area contributed by atoms with E-state index < -0.39 is 0 Å². The van der Waals surface area contributed by atoms with Gasteiger partial charge in [-0.15, -0.1) is 0 Å². The number of rotatable bonds is 0. The molecule has 2 heteroatoms. The molecule has 2 nitrogen and oxygen atoms in total. The van der Waals surface area contributed by atoms with E-state index in [1.54, 1.807) is 12.4 Å². The largest absolute Gasteiger partial charge is 0.264 e. The molecule has 0 aliphatic carbocycles. The average Bonchev–Trinajstić information content (AvgIpc) is 2.29. The van der Waals surface area contributed by atoms with E-state index in [2.05, 4.69) is 22.1 Å². The molecule has 0 fully saturated rings. The van der Waals surface area contributed by atoms with Crippen molar-refractivity contribution in [2.75, 3.05) is 0 Å². The van der Waals surface area contributed by atoms with Crippen LogP contribution in [0.2, 0.25) is 0 Å². The van der Waals surface area contributed by atoms with Crippen LogP contribution in [0.4, 0.5) is 0 Å². The van der Waals surface area contributed by atoms with Crippen molar-refractivity contribution in [2.45, 2.75) is 0 Å². The molecule has 2 aromatic heterocycles. The van der Waals surface area contributed by atoms with Crippen LogP contribution in [-0.4, -0.2) is 9.97 Å². The maximum atomic E-state index is 4.25. The highest BCUT2D eigenvalue weighted by molar-refractivity contribution is 6.05. The Morgan fingerprint density at radius 3 is 3.07 bits per heavy atom. The van der Waals surface area contributed by atoms with Crippen LogP contribution in [0.1, 0.15) is 0 Å². The molecule has 0 atom stereocenters. The average molecular weight is 179 g/mol. The third-order valence-corrected chi connectivity index (χ3v) is 2.35. The maximum absolute atomic E-state index is 4.25. The van der Waals surface area contributed by atoms with E-state index in [4.69, 9.17) is 0 Å². The SMILES string of the molecule is [c]1cnc2ccc3ccncc3c2c1. The molecule has 0 amide bonds. The van der Waals surface area contributed by atoms with Crippen molar-refractivity contribution >= 4 is 21.7 Å². The zero-order valence-corrected chi connectivity index (χ0v) is 7.44. The number of benzene rings is 1. The molecule has 0 bridgehead atoms. The molecule has 0 unspecified atom stereocenters. The van der Waals surface area contributed by atoms with E-state index in [-0.39, 0.29) is 0 Å². The second-order valence-electron chi connectivity index (χ2n) is 3.16. The molecular formula is C12H7N2. The monoisotopic (exact) mass is 179 g/mol. The first-order valence-corrected chi connectivity index (χ1v) is 4.44. The lowest BCUT2D eigenvalue weighted by Crippen LogP contribution is -1.81. The number of pyridine rings is 2. The normalized spacial score (nSPS) is 10.9. The molecule has 65 valence electrons. The van der Waals surface area contributed by atoms with Gasteiger partial charge >= 0.3 is 0 Å². The van der Waals surface area contributed by atoms with Crippen molar-refractivity contribution in [2.24, 2.45) is 0 Å². The Morgan fingerprint density at radius 1 is 1.07 bits per heavy atom.